The third kappa shape index (κ3) is 3.46. The summed E-state index contributed by atoms with van der Waals surface area (Å²) in [6, 6.07) is 3.95. The molecular formula is C17H22F2N2O. The number of likely N-dealkylation sites (tertiary alicyclic amines) is 1. The van der Waals surface area contributed by atoms with Gasteiger partial charge in [-0.15, -0.1) is 0 Å². The molecule has 1 saturated heterocycles. The van der Waals surface area contributed by atoms with E-state index in [0.29, 0.717) is 18.3 Å². The summed E-state index contributed by atoms with van der Waals surface area (Å²) in [6.07, 6.45) is 7.39. The smallest absolute Gasteiger partial charge is 0.238 e. The number of carbonyl (C=O) groups is 1. The van der Waals surface area contributed by atoms with Gasteiger partial charge in [0, 0.05) is 17.8 Å². The van der Waals surface area contributed by atoms with Crippen LogP contribution >= 0.6 is 0 Å². The zero-order chi connectivity index (χ0) is 15.5. The van der Waals surface area contributed by atoms with Crippen molar-refractivity contribution in [3.8, 4) is 0 Å². The van der Waals surface area contributed by atoms with Crippen molar-refractivity contribution in [2.75, 3.05) is 18.4 Å². The second-order valence-corrected chi connectivity index (χ2v) is 6.40. The maximum atomic E-state index is 13.2. The molecule has 2 atom stereocenters. The first-order valence-corrected chi connectivity index (χ1v) is 8.12. The number of fused-ring (bicyclic) bond motifs is 1. The maximum absolute atomic E-state index is 13.2. The fourth-order valence-corrected chi connectivity index (χ4v) is 3.88. The van der Waals surface area contributed by atoms with Gasteiger partial charge in [-0.05, 0) is 50.3 Å². The number of anilines is 1. The minimum Gasteiger partial charge on any atom is -0.325 e. The summed E-state index contributed by atoms with van der Waals surface area (Å²) >= 11 is 0. The topological polar surface area (TPSA) is 32.3 Å². The van der Waals surface area contributed by atoms with Crippen LogP contribution in [0.15, 0.2) is 18.2 Å². The van der Waals surface area contributed by atoms with Crippen molar-refractivity contribution in [2.24, 2.45) is 5.92 Å². The molecule has 1 heterocycles. The molecular weight excluding hydrogens is 286 g/mol. The first-order chi connectivity index (χ1) is 10.6. The second-order valence-electron chi connectivity index (χ2n) is 6.40. The van der Waals surface area contributed by atoms with Gasteiger partial charge in [-0.25, -0.2) is 8.78 Å². The molecule has 0 aromatic heterocycles. The van der Waals surface area contributed by atoms with Crippen molar-refractivity contribution in [2.45, 2.75) is 44.6 Å². The van der Waals surface area contributed by atoms with Crippen LogP contribution in [0.4, 0.5) is 14.5 Å². The highest BCUT2D eigenvalue weighted by Gasteiger charge is 2.33. The van der Waals surface area contributed by atoms with Crippen LogP contribution in [0.25, 0.3) is 0 Å². The largest absolute Gasteiger partial charge is 0.325 e. The third-order valence-electron chi connectivity index (χ3n) is 4.91. The molecule has 0 bridgehead atoms. The lowest BCUT2D eigenvalue weighted by molar-refractivity contribution is -0.118. The number of halogens is 2. The van der Waals surface area contributed by atoms with Gasteiger partial charge in [0.1, 0.15) is 0 Å². The van der Waals surface area contributed by atoms with Gasteiger partial charge in [-0.2, -0.15) is 0 Å². The molecule has 3 nitrogen and oxygen atoms in total. The molecule has 2 fully saturated rings. The standard InChI is InChI=1S/C17H22F2N2O/c18-14-8-7-13(10-15(14)19)20-17(22)11-21-9-3-5-12-4-1-2-6-16(12)21/h7-8,10,12,16H,1-6,9,11H2,(H,20,22)/t12-,16-/m0/s1. The van der Waals surface area contributed by atoms with Gasteiger partial charge in [0.25, 0.3) is 0 Å². The van der Waals surface area contributed by atoms with Crippen LogP contribution in [0, 0.1) is 17.6 Å². The molecule has 0 radical (unpaired) electrons. The number of nitrogens with zero attached hydrogens (tertiary/aromatic N) is 1. The third-order valence-corrected chi connectivity index (χ3v) is 4.91. The van der Waals surface area contributed by atoms with Crippen molar-refractivity contribution in [1.29, 1.82) is 0 Å². The summed E-state index contributed by atoms with van der Waals surface area (Å²) < 4.78 is 26.1. The van der Waals surface area contributed by atoms with Crippen LogP contribution in [0.1, 0.15) is 38.5 Å². The SMILES string of the molecule is O=C(CN1CCC[C@@H]2CCCC[C@@H]21)Nc1ccc(F)c(F)c1. The monoisotopic (exact) mass is 308 g/mol. The number of hydrogen-bond acceptors (Lipinski definition) is 2. The average molecular weight is 308 g/mol. The maximum Gasteiger partial charge on any atom is 0.238 e. The van der Waals surface area contributed by atoms with Crippen LogP contribution in [-0.2, 0) is 4.79 Å². The Labute approximate surface area is 129 Å². The van der Waals surface area contributed by atoms with Crippen molar-refractivity contribution >= 4 is 11.6 Å². The van der Waals surface area contributed by atoms with Gasteiger partial charge in [-0.1, -0.05) is 12.8 Å². The van der Waals surface area contributed by atoms with Crippen LogP contribution in [0.2, 0.25) is 0 Å². The van der Waals surface area contributed by atoms with Gasteiger partial charge in [-0.3, -0.25) is 9.69 Å². The highest BCUT2D eigenvalue weighted by Crippen LogP contribution is 2.35. The van der Waals surface area contributed by atoms with E-state index < -0.39 is 11.6 Å². The Bertz CT molecular complexity index is 547. The summed E-state index contributed by atoms with van der Waals surface area (Å²) in [5.74, 6) is -1.28. The fraction of sp³-hybridized carbons (Fsp3) is 0.588. The molecule has 22 heavy (non-hydrogen) atoms. The molecule has 0 unspecified atom stereocenters. The first kappa shape index (κ1) is 15.4. The average Bonchev–Trinajstić information content (AvgIpc) is 2.51. The zero-order valence-corrected chi connectivity index (χ0v) is 12.7. The second kappa shape index (κ2) is 6.73. The van der Waals surface area contributed by atoms with E-state index in [1.54, 1.807) is 0 Å². The minimum absolute atomic E-state index is 0.155. The van der Waals surface area contributed by atoms with Crippen LogP contribution < -0.4 is 5.32 Å². The van der Waals surface area contributed by atoms with Gasteiger partial charge in [0.2, 0.25) is 5.91 Å². The molecule has 2 aliphatic rings. The number of rotatable bonds is 3. The molecule has 1 aromatic carbocycles. The minimum atomic E-state index is -0.942. The molecule has 1 aliphatic heterocycles. The predicted octanol–water partition coefficient (Wildman–Crippen LogP) is 3.56. The Morgan fingerprint density at radius 3 is 2.73 bits per heavy atom. The van der Waals surface area contributed by atoms with Crippen molar-refractivity contribution in [3.63, 3.8) is 0 Å². The molecule has 120 valence electrons. The Morgan fingerprint density at radius 2 is 1.91 bits per heavy atom. The fourth-order valence-electron chi connectivity index (χ4n) is 3.88. The predicted molar refractivity (Wildman–Crippen MR) is 81.5 cm³/mol. The van der Waals surface area contributed by atoms with Gasteiger partial charge < -0.3 is 5.32 Å². The Balaban J connectivity index is 1.59. The van der Waals surface area contributed by atoms with Crippen molar-refractivity contribution in [1.82, 2.24) is 4.90 Å². The number of nitrogens with one attached hydrogen (secondary N) is 1. The summed E-state index contributed by atoms with van der Waals surface area (Å²) in [7, 11) is 0. The van der Waals surface area contributed by atoms with Gasteiger partial charge in [0.15, 0.2) is 11.6 Å². The Kier molecular flexibility index (Phi) is 4.71. The first-order valence-electron chi connectivity index (χ1n) is 8.12. The summed E-state index contributed by atoms with van der Waals surface area (Å²) in [6.45, 7) is 1.28. The lowest BCUT2D eigenvalue weighted by atomic mass is 9.78. The Hall–Kier alpha value is -1.49. The van der Waals surface area contributed by atoms with Crippen LogP contribution in [0.5, 0.6) is 0 Å². The highest BCUT2D eigenvalue weighted by atomic mass is 19.2. The van der Waals surface area contributed by atoms with E-state index in [0.717, 1.165) is 31.0 Å². The van der Waals surface area contributed by atoms with Crippen molar-refractivity contribution in [3.05, 3.63) is 29.8 Å². The molecule has 1 saturated carbocycles. The van der Waals surface area contributed by atoms with E-state index in [2.05, 4.69) is 10.2 Å². The van der Waals surface area contributed by atoms with Crippen molar-refractivity contribution < 1.29 is 13.6 Å². The van der Waals surface area contributed by atoms with Crippen LogP contribution in [-0.4, -0.2) is 29.9 Å². The number of benzene rings is 1. The lowest BCUT2D eigenvalue weighted by Gasteiger charge is -2.43. The lowest BCUT2D eigenvalue weighted by Crippen LogP contribution is -2.49. The van der Waals surface area contributed by atoms with E-state index >= 15 is 0 Å². The molecule has 5 heteroatoms. The normalized spacial score (nSPS) is 25.5. The number of piperidine rings is 1. The number of carbonyl (C=O) groups excluding carboxylic acids is 1. The van der Waals surface area contributed by atoms with E-state index in [1.807, 2.05) is 0 Å². The van der Waals surface area contributed by atoms with E-state index in [-0.39, 0.29) is 5.91 Å². The quantitative estimate of drug-likeness (QED) is 0.926. The molecule has 1 amide bonds. The number of amides is 1. The number of hydrogen-bond donors (Lipinski definition) is 1. The molecule has 3 rings (SSSR count). The van der Waals surface area contributed by atoms with E-state index in [4.69, 9.17) is 0 Å². The van der Waals surface area contributed by atoms with Crippen LogP contribution in [0.3, 0.4) is 0 Å². The molecule has 0 spiro atoms. The highest BCUT2D eigenvalue weighted by molar-refractivity contribution is 5.92. The van der Waals surface area contributed by atoms with Gasteiger partial charge in [0.05, 0.1) is 6.54 Å². The van der Waals surface area contributed by atoms with E-state index in [9.17, 15) is 13.6 Å². The summed E-state index contributed by atoms with van der Waals surface area (Å²) in [4.78, 5) is 14.4. The summed E-state index contributed by atoms with van der Waals surface area (Å²) in [5.41, 5.74) is 0.307. The zero-order valence-electron chi connectivity index (χ0n) is 12.7. The Morgan fingerprint density at radius 1 is 1.14 bits per heavy atom. The van der Waals surface area contributed by atoms with Gasteiger partial charge >= 0.3 is 0 Å². The molecule has 1 aromatic rings. The molecule has 1 aliphatic carbocycles. The molecule has 1 N–H and O–H groups in total. The summed E-state index contributed by atoms with van der Waals surface area (Å²) in [5, 5.41) is 2.67. The van der Waals surface area contributed by atoms with E-state index in [1.165, 1.54) is 38.2 Å².